The van der Waals surface area contributed by atoms with Crippen LogP contribution in [0.2, 0.25) is 0 Å². The van der Waals surface area contributed by atoms with Crippen molar-refractivity contribution in [2.75, 3.05) is 26.3 Å². The summed E-state index contributed by atoms with van der Waals surface area (Å²) in [5.74, 6) is 0.888. The largest absolute Gasteiger partial charge is 0.378 e. The molecule has 1 amide bonds. The molecule has 2 N–H and O–H groups in total. The topological polar surface area (TPSA) is 50.4 Å². The van der Waals surface area contributed by atoms with Crippen molar-refractivity contribution in [3.63, 3.8) is 0 Å². The second-order valence-electron chi connectivity index (χ2n) is 5.47. The number of morpholine rings is 1. The number of rotatable bonds is 8. The van der Waals surface area contributed by atoms with Gasteiger partial charge in [0.2, 0.25) is 5.91 Å². The van der Waals surface area contributed by atoms with Gasteiger partial charge in [0.25, 0.3) is 0 Å². The summed E-state index contributed by atoms with van der Waals surface area (Å²) in [6, 6.07) is -0.153. The summed E-state index contributed by atoms with van der Waals surface area (Å²) in [5.41, 5.74) is 0. The molecule has 4 nitrogen and oxygen atoms in total. The van der Waals surface area contributed by atoms with Crippen LogP contribution in [0.3, 0.4) is 0 Å². The highest BCUT2D eigenvalue weighted by molar-refractivity contribution is 5.81. The molecule has 0 radical (unpaired) electrons. The Labute approximate surface area is 111 Å². The van der Waals surface area contributed by atoms with Crippen molar-refractivity contribution >= 4 is 5.91 Å². The van der Waals surface area contributed by atoms with Crippen molar-refractivity contribution in [1.29, 1.82) is 0 Å². The summed E-state index contributed by atoms with van der Waals surface area (Å²) >= 11 is 0. The molecule has 0 aromatic rings. The van der Waals surface area contributed by atoms with Crippen LogP contribution < -0.4 is 10.6 Å². The lowest BCUT2D eigenvalue weighted by atomic mass is 10.0. The first-order chi connectivity index (χ1) is 8.70. The summed E-state index contributed by atoms with van der Waals surface area (Å²) < 4.78 is 5.26. The highest BCUT2D eigenvalue weighted by atomic mass is 16.5. The van der Waals surface area contributed by atoms with Crippen LogP contribution in [0.25, 0.3) is 0 Å². The molecule has 1 aliphatic heterocycles. The normalized spacial score (nSPS) is 20.1. The van der Waals surface area contributed by atoms with Crippen LogP contribution in [0, 0.1) is 5.92 Å². The van der Waals surface area contributed by atoms with E-state index in [1.807, 2.05) is 0 Å². The van der Waals surface area contributed by atoms with Gasteiger partial charge in [-0.05, 0) is 12.3 Å². The van der Waals surface area contributed by atoms with E-state index in [0.29, 0.717) is 13.2 Å². The highest BCUT2D eigenvalue weighted by Gasteiger charge is 2.20. The fraction of sp³-hybridized carbons (Fsp3) is 0.929. The van der Waals surface area contributed by atoms with Gasteiger partial charge in [-0.3, -0.25) is 4.79 Å². The monoisotopic (exact) mass is 256 g/mol. The molecule has 1 aliphatic rings. The highest BCUT2D eigenvalue weighted by Crippen LogP contribution is 2.08. The van der Waals surface area contributed by atoms with E-state index in [1.54, 1.807) is 0 Å². The van der Waals surface area contributed by atoms with E-state index in [0.717, 1.165) is 25.4 Å². The average molecular weight is 256 g/mol. The van der Waals surface area contributed by atoms with E-state index in [9.17, 15) is 4.79 Å². The Morgan fingerprint density at radius 2 is 2.11 bits per heavy atom. The molecule has 1 rings (SSSR count). The van der Waals surface area contributed by atoms with Gasteiger partial charge in [-0.15, -0.1) is 0 Å². The molecule has 106 valence electrons. The Hall–Kier alpha value is -0.610. The zero-order valence-electron chi connectivity index (χ0n) is 11.8. The smallest absolute Gasteiger partial charge is 0.239 e. The fourth-order valence-electron chi connectivity index (χ4n) is 2.10. The van der Waals surface area contributed by atoms with Crippen LogP contribution in [-0.4, -0.2) is 38.3 Å². The SMILES string of the molecule is CC(C)CCCCCCNC(=O)C1COCCN1. The summed E-state index contributed by atoms with van der Waals surface area (Å²) in [6.07, 6.45) is 6.19. The quantitative estimate of drug-likeness (QED) is 0.650. The Bertz CT molecular complexity index is 226. The zero-order chi connectivity index (χ0) is 13.2. The molecule has 0 spiro atoms. The third-order valence-corrected chi connectivity index (χ3v) is 3.25. The van der Waals surface area contributed by atoms with Crippen molar-refractivity contribution in [3.8, 4) is 0 Å². The standard InChI is InChI=1S/C14H28N2O2/c1-12(2)7-5-3-4-6-8-16-14(17)13-11-18-10-9-15-13/h12-13,15H,3-11H2,1-2H3,(H,16,17). The first-order valence-corrected chi connectivity index (χ1v) is 7.29. The third kappa shape index (κ3) is 6.97. The number of carbonyl (C=O) groups excluding carboxylic acids is 1. The zero-order valence-corrected chi connectivity index (χ0v) is 11.8. The van der Waals surface area contributed by atoms with Crippen molar-refractivity contribution < 1.29 is 9.53 Å². The van der Waals surface area contributed by atoms with E-state index in [1.165, 1.54) is 25.7 Å². The number of ether oxygens (including phenoxy) is 1. The van der Waals surface area contributed by atoms with Crippen LogP contribution in [0.5, 0.6) is 0 Å². The molecule has 0 aromatic heterocycles. The lowest BCUT2D eigenvalue weighted by molar-refractivity contribution is -0.125. The molecule has 0 bridgehead atoms. The van der Waals surface area contributed by atoms with Crippen LogP contribution in [-0.2, 0) is 9.53 Å². The Balaban J connectivity index is 1.92. The maximum absolute atomic E-state index is 11.7. The predicted molar refractivity (Wildman–Crippen MR) is 73.5 cm³/mol. The maximum Gasteiger partial charge on any atom is 0.239 e. The van der Waals surface area contributed by atoms with E-state index in [-0.39, 0.29) is 11.9 Å². The summed E-state index contributed by atoms with van der Waals surface area (Å²) in [7, 11) is 0. The number of hydrogen-bond acceptors (Lipinski definition) is 3. The lowest BCUT2D eigenvalue weighted by Crippen LogP contribution is -2.51. The Morgan fingerprint density at radius 3 is 2.78 bits per heavy atom. The second kappa shape index (κ2) is 9.34. The molecule has 0 aliphatic carbocycles. The lowest BCUT2D eigenvalue weighted by Gasteiger charge is -2.22. The van der Waals surface area contributed by atoms with Crippen molar-refractivity contribution in [1.82, 2.24) is 10.6 Å². The average Bonchev–Trinajstić information content (AvgIpc) is 2.38. The minimum absolute atomic E-state index is 0.0804. The molecule has 4 heteroatoms. The van der Waals surface area contributed by atoms with Crippen molar-refractivity contribution in [2.45, 2.75) is 52.0 Å². The first-order valence-electron chi connectivity index (χ1n) is 7.29. The summed E-state index contributed by atoms with van der Waals surface area (Å²) in [5, 5.41) is 6.13. The van der Waals surface area contributed by atoms with Crippen LogP contribution in [0.1, 0.15) is 46.0 Å². The van der Waals surface area contributed by atoms with Crippen molar-refractivity contribution in [3.05, 3.63) is 0 Å². The molecule has 1 saturated heterocycles. The molecule has 1 fully saturated rings. The molecule has 0 saturated carbocycles. The van der Waals surface area contributed by atoms with Gasteiger partial charge in [0.15, 0.2) is 0 Å². The van der Waals surface area contributed by atoms with Gasteiger partial charge in [-0.1, -0.05) is 39.5 Å². The molecule has 1 unspecified atom stereocenters. The number of nitrogens with one attached hydrogen (secondary N) is 2. The van der Waals surface area contributed by atoms with E-state index < -0.39 is 0 Å². The van der Waals surface area contributed by atoms with Crippen molar-refractivity contribution in [2.24, 2.45) is 5.92 Å². The molecule has 18 heavy (non-hydrogen) atoms. The summed E-state index contributed by atoms with van der Waals surface area (Å²) in [4.78, 5) is 11.7. The van der Waals surface area contributed by atoms with Crippen LogP contribution in [0.15, 0.2) is 0 Å². The number of amides is 1. The van der Waals surface area contributed by atoms with Gasteiger partial charge in [0.05, 0.1) is 13.2 Å². The van der Waals surface area contributed by atoms with Crippen LogP contribution in [0.4, 0.5) is 0 Å². The minimum atomic E-state index is -0.153. The van der Waals surface area contributed by atoms with E-state index in [4.69, 9.17) is 4.74 Å². The molecule has 0 aromatic carbocycles. The number of carbonyl (C=O) groups is 1. The molecule has 1 atom stereocenters. The number of unbranched alkanes of at least 4 members (excludes halogenated alkanes) is 3. The predicted octanol–water partition coefficient (Wildman–Crippen LogP) is 1.70. The Kier molecular flexibility index (Phi) is 8.01. The fourth-order valence-corrected chi connectivity index (χ4v) is 2.10. The Morgan fingerprint density at radius 1 is 1.33 bits per heavy atom. The van der Waals surface area contributed by atoms with Gasteiger partial charge in [0, 0.05) is 13.1 Å². The van der Waals surface area contributed by atoms with Gasteiger partial charge in [-0.2, -0.15) is 0 Å². The van der Waals surface area contributed by atoms with Gasteiger partial charge < -0.3 is 15.4 Å². The van der Waals surface area contributed by atoms with Crippen LogP contribution >= 0.6 is 0 Å². The van der Waals surface area contributed by atoms with Gasteiger partial charge in [0.1, 0.15) is 6.04 Å². The molecular weight excluding hydrogens is 228 g/mol. The van der Waals surface area contributed by atoms with E-state index >= 15 is 0 Å². The van der Waals surface area contributed by atoms with Gasteiger partial charge >= 0.3 is 0 Å². The summed E-state index contributed by atoms with van der Waals surface area (Å²) in [6.45, 7) is 7.30. The number of hydrogen-bond donors (Lipinski definition) is 2. The second-order valence-corrected chi connectivity index (χ2v) is 5.47. The molecule has 1 heterocycles. The third-order valence-electron chi connectivity index (χ3n) is 3.25. The van der Waals surface area contributed by atoms with Gasteiger partial charge in [-0.25, -0.2) is 0 Å². The maximum atomic E-state index is 11.7. The minimum Gasteiger partial charge on any atom is -0.378 e. The molecular formula is C14H28N2O2. The first kappa shape index (κ1) is 15.4. The van der Waals surface area contributed by atoms with E-state index in [2.05, 4.69) is 24.5 Å².